The van der Waals surface area contributed by atoms with Gasteiger partial charge in [0.2, 0.25) is 0 Å². The van der Waals surface area contributed by atoms with Gasteiger partial charge in [0, 0.05) is 0 Å². The van der Waals surface area contributed by atoms with E-state index in [1.54, 1.807) is 0 Å². The molecule has 7 heteroatoms. The van der Waals surface area contributed by atoms with E-state index in [9.17, 15) is 10.1 Å². The minimum Gasteiger partial charge on any atom is -0.493 e. The van der Waals surface area contributed by atoms with E-state index in [1.807, 2.05) is 6.92 Å². The van der Waals surface area contributed by atoms with Crippen LogP contribution in [0.2, 0.25) is 0 Å². The van der Waals surface area contributed by atoms with Gasteiger partial charge >= 0.3 is 0 Å². The van der Waals surface area contributed by atoms with Crippen molar-refractivity contribution in [2.45, 2.75) is 19.8 Å². The molecule has 1 rings (SSSR count). The summed E-state index contributed by atoms with van der Waals surface area (Å²) in [4.78, 5) is 10.5. The van der Waals surface area contributed by atoms with Gasteiger partial charge in [0.05, 0.1) is 36.5 Å². The Bertz CT molecular complexity index is 474. The molecule has 0 saturated carbocycles. The minimum atomic E-state index is -0.511. The molecule has 2 N–H and O–H groups in total. The Labute approximate surface area is 111 Å². The molecule has 0 fully saturated rings. The van der Waals surface area contributed by atoms with Crippen LogP contribution in [0.1, 0.15) is 25.3 Å². The average Bonchev–Trinajstić information content (AvgIpc) is 2.39. The van der Waals surface area contributed by atoms with Gasteiger partial charge in [-0.05, 0) is 12.5 Å². The highest BCUT2D eigenvalue weighted by Crippen LogP contribution is 2.34. The smallest absolute Gasteiger partial charge is 0.282 e. The molecule has 0 heterocycles. The van der Waals surface area contributed by atoms with Crippen LogP contribution < -0.4 is 15.3 Å². The highest BCUT2D eigenvalue weighted by molar-refractivity contribution is 5.86. The number of nitrogens with zero attached hydrogens (tertiary/aromatic N) is 2. The van der Waals surface area contributed by atoms with Crippen LogP contribution in [-0.2, 0) is 0 Å². The molecule has 0 atom stereocenters. The molecule has 104 valence electrons. The topological polar surface area (TPSA) is 100.0 Å². The summed E-state index contributed by atoms with van der Waals surface area (Å²) in [5, 5.41) is 14.3. The number of hydrazone groups is 1. The van der Waals surface area contributed by atoms with Gasteiger partial charge in [-0.15, -0.1) is 0 Å². The number of benzene rings is 1. The van der Waals surface area contributed by atoms with Gasteiger partial charge in [0.1, 0.15) is 0 Å². The summed E-state index contributed by atoms with van der Waals surface area (Å²) in [7, 11) is 1.47. The molecule has 0 saturated heterocycles. The van der Waals surface area contributed by atoms with Crippen LogP contribution >= 0.6 is 0 Å². The van der Waals surface area contributed by atoms with Crippen molar-refractivity contribution in [2.75, 3.05) is 13.7 Å². The summed E-state index contributed by atoms with van der Waals surface area (Å²) in [5.74, 6) is 5.79. The van der Waals surface area contributed by atoms with E-state index in [0.29, 0.717) is 18.1 Å². The molecular formula is C12H17N3O4. The molecule has 19 heavy (non-hydrogen) atoms. The van der Waals surface area contributed by atoms with E-state index in [1.165, 1.54) is 25.5 Å². The Morgan fingerprint density at radius 2 is 2.21 bits per heavy atom. The molecule has 0 aromatic heterocycles. The number of unbranched alkanes of at least 4 members (excludes halogenated alkanes) is 1. The van der Waals surface area contributed by atoms with Gasteiger partial charge in [0.25, 0.3) is 5.69 Å². The van der Waals surface area contributed by atoms with Gasteiger partial charge in [-0.2, -0.15) is 5.10 Å². The van der Waals surface area contributed by atoms with Crippen LogP contribution in [0, 0.1) is 10.1 Å². The lowest BCUT2D eigenvalue weighted by Crippen LogP contribution is -2.02. The van der Waals surface area contributed by atoms with E-state index in [0.717, 1.165) is 12.8 Å². The maximum Gasteiger partial charge on any atom is 0.282 e. The Morgan fingerprint density at radius 1 is 1.47 bits per heavy atom. The second-order valence-electron chi connectivity index (χ2n) is 3.80. The van der Waals surface area contributed by atoms with E-state index in [2.05, 4.69) is 5.10 Å². The molecule has 1 aromatic carbocycles. The van der Waals surface area contributed by atoms with Crippen LogP contribution in [0.25, 0.3) is 0 Å². The fraction of sp³-hybridized carbons (Fsp3) is 0.417. The number of ether oxygens (including phenoxy) is 2. The predicted octanol–water partition coefficient (Wildman–Crippen LogP) is 2.07. The first-order valence-corrected chi connectivity index (χ1v) is 5.86. The second kappa shape index (κ2) is 7.20. The summed E-state index contributed by atoms with van der Waals surface area (Å²) in [6.07, 6.45) is 3.04. The van der Waals surface area contributed by atoms with Crippen molar-refractivity contribution < 1.29 is 14.4 Å². The lowest BCUT2D eigenvalue weighted by Gasteiger charge is -2.11. The molecule has 0 aliphatic carbocycles. The zero-order valence-corrected chi connectivity index (χ0v) is 11.0. The van der Waals surface area contributed by atoms with E-state index in [4.69, 9.17) is 15.3 Å². The molecule has 0 aliphatic heterocycles. The largest absolute Gasteiger partial charge is 0.493 e. The summed E-state index contributed by atoms with van der Waals surface area (Å²) in [6, 6.07) is 2.81. The zero-order chi connectivity index (χ0) is 14.3. The number of nitro benzene ring substituents is 1. The van der Waals surface area contributed by atoms with Crippen LogP contribution in [0.5, 0.6) is 11.5 Å². The van der Waals surface area contributed by atoms with Crippen molar-refractivity contribution >= 4 is 11.9 Å². The third-order valence-electron chi connectivity index (χ3n) is 2.48. The predicted molar refractivity (Wildman–Crippen MR) is 71.8 cm³/mol. The lowest BCUT2D eigenvalue weighted by molar-refractivity contribution is -0.385. The minimum absolute atomic E-state index is 0.124. The van der Waals surface area contributed by atoms with Crippen molar-refractivity contribution in [3.8, 4) is 11.5 Å². The molecule has 0 aliphatic rings. The molecule has 0 bridgehead atoms. The van der Waals surface area contributed by atoms with Gasteiger partial charge in [-0.25, -0.2) is 0 Å². The van der Waals surface area contributed by atoms with Gasteiger partial charge in [-0.3, -0.25) is 10.1 Å². The van der Waals surface area contributed by atoms with Crippen LogP contribution in [0.15, 0.2) is 17.2 Å². The van der Waals surface area contributed by atoms with Crippen molar-refractivity contribution in [1.82, 2.24) is 0 Å². The maximum atomic E-state index is 11.0. The summed E-state index contributed by atoms with van der Waals surface area (Å²) < 4.78 is 10.6. The summed E-state index contributed by atoms with van der Waals surface area (Å²) in [6.45, 7) is 2.51. The molecule has 7 nitrogen and oxygen atoms in total. The third-order valence-corrected chi connectivity index (χ3v) is 2.48. The quantitative estimate of drug-likeness (QED) is 0.268. The average molecular weight is 267 g/mol. The molecule has 0 spiro atoms. The maximum absolute atomic E-state index is 11.0. The first kappa shape index (κ1) is 14.7. The zero-order valence-electron chi connectivity index (χ0n) is 11.0. The standard InChI is InChI=1S/C12H17N3O4/c1-3-4-5-19-12-7-10(15(16)17)9(8-14-13)6-11(12)18-2/h6-8H,3-5,13H2,1-2H3. The van der Waals surface area contributed by atoms with E-state index >= 15 is 0 Å². The molecular weight excluding hydrogens is 250 g/mol. The first-order valence-electron chi connectivity index (χ1n) is 5.86. The normalized spacial score (nSPS) is 10.6. The number of hydrogen-bond acceptors (Lipinski definition) is 6. The monoisotopic (exact) mass is 267 g/mol. The summed E-state index contributed by atoms with van der Waals surface area (Å²) >= 11 is 0. The van der Waals surface area contributed by atoms with Crippen molar-refractivity contribution in [1.29, 1.82) is 0 Å². The Morgan fingerprint density at radius 3 is 2.74 bits per heavy atom. The lowest BCUT2D eigenvalue weighted by atomic mass is 10.1. The van der Waals surface area contributed by atoms with E-state index in [-0.39, 0.29) is 11.3 Å². The Kier molecular flexibility index (Phi) is 5.59. The van der Waals surface area contributed by atoms with Crippen molar-refractivity contribution in [3.63, 3.8) is 0 Å². The number of hydrogen-bond donors (Lipinski definition) is 1. The van der Waals surface area contributed by atoms with Crippen LogP contribution in [-0.4, -0.2) is 24.9 Å². The van der Waals surface area contributed by atoms with Gasteiger partial charge in [0.15, 0.2) is 11.5 Å². The molecule has 0 amide bonds. The molecule has 0 radical (unpaired) electrons. The SMILES string of the molecule is CCCCOc1cc([N+](=O)[O-])c(C=NN)cc1OC. The number of rotatable bonds is 7. The van der Waals surface area contributed by atoms with E-state index < -0.39 is 4.92 Å². The third kappa shape index (κ3) is 3.84. The molecule has 1 aromatic rings. The number of nitrogens with two attached hydrogens (primary N) is 1. The summed E-state index contributed by atoms with van der Waals surface area (Å²) in [5.41, 5.74) is 0.147. The van der Waals surface area contributed by atoms with Crippen molar-refractivity contribution in [2.24, 2.45) is 10.9 Å². The highest BCUT2D eigenvalue weighted by atomic mass is 16.6. The molecule has 0 unspecified atom stereocenters. The highest BCUT2D eigenvalue weighted by Gasteiger charge is 2.18. The Balaban J connectivity index is 3.15. The van der Waals surface area contributed by atoms with Crippen LogP contribution in [0.3, 0.4) is 0 Å². The van der Waals surface area contributed by atoms with Gasteiger partial charge < -0.3 is 15.3 Å². The van der Waals surface area contributed by atoms with Crippen molar-refractivity contribution in [3.05, 3.63) is 27.8 Å². The number of nitro groups is 1. The van der Waals surface area contributed by atoms with Gasteiger partial charge in [-0.1, -0.05) is 13.3 Å². The first-order chi connectivity index (χ1) is 9.13. The fourth-order valence-electron chi connectivity index (χ4n) is 1.51. The van der Waals surface area contributed by atoms with Crippen LogP contribution in [0.4, 0.5) is 5.69 Å². The second-order valence-corrected chi connectivity index (χ2v) is 3.80. The fourth-order valence-corrected chi connectivity index (χ4v) is 1.51. The number of methoxy groups -OCH3 is 1. The Hall–Kier alpha value is -2.31.